The van der Waals surface area contributed by atoms with Crippen molar-refractivity contribution in [3.05, 3.63) is 51.7 Å². The first-order chi connectivity index (χ1) is 8.20. The van der Waals surface area contributed by atoms with Gasteiger partial charge in [-0.25, -0.2) is 0 Å². The number of para-hydroxylation sites is 1. The van der Waals surface area contributed by atoms with Crippen LogP contribution in [0.25, 0.3) is 0 Å². The number of aliphatic hydroxyl groups excluding tert-OH is 1. The first kappa shape index (κ1) is 12.1. The molecule has 1 aromatic carbocycles. The van der Waals surface area contributed by atoms with Gasteiger partial charge in [-0.05, 0) is 30.7 Å². The van der Waals surface area contributed by atoms with Crippen LogP contribution in [0.15, 0.2) is 36.4 Å². The van der Waals surface area contributed by atoms with Crippen LogP contribution >= 0.6 is 11.3 Å². The lowest BCUT2D eigenvalue weighted by atomic mass is 10.1. The molecule has 0 bridgehead atoms. The topological polar surface area (TPSA) is 29.5 Å². The van der Waals surface area contributed by atoms with Crippen molar-refractivity contribution < 1.29 is 9.84 Å². The number of aryl methyl sites for hydroxylation is 1. The number of benzene rings is 1. The summed E-state index contributed by atoms with van der Waals surface area (Å²) in [5.74, 6) is 0.833. The highest BCUT2D eigenvalue weighted by Crippen LogP contribution is 2.28. The average molecular weight is 248 g/mol. The third-order valence-electron chi connectivity index (χ3n) is 2.70. The van der Waals surface area contributed by atoms with E-state index >= 15 is 0 Å². The van der Waals surface area contributed by atoms with E-state index in [1.807, 2.05) is 43.3 Å². The lowest BCUT2D eigenvalue weighted by molar-refractivity contribution is 0.181. The normalized spacial score (nSPS) is 12.4. The number of methoxy groups -OCH3 is 1. The molecule has 0 aliphatic heterocycles. The molecule has 0 fully saturated rings. The second-order valence-electron chi connectivity index (χ2n) is 3.98. The Hall–Kier alpha value is -1.32. The quantitative estimate of drug-likeness (QED) is 0.899. The van der Waals surface area contributed by atoms with Crippen LogP contribution in [0.2, 0.25) is 0 Å². The molecule has 0 spiro atoms. The zero-order chi connectivity index (χ0) is 12.3. The van der Waals surface area contributed by atoms with Gasteiger partial charge < -0.3 is 9.84 Å². The van der Waals surface area contributed by atoms with E-state index in [1.165, 1.54) is 4.88 Å². The maximum Gasteiger partial charge on any atom is 0.122 e. The van der Waals surface area contributed by atoms with Crippen molar-refractivity contribution >= 4 is 11.3 Å². The summed E-state index contributed by atoms with van der Waals surface area (Å²) in [6.45, 7) is 2.05. The van der Waals surface area contributed by atoms with Gasteiger partial charge in [0.25, 0.3) is 0 Å². The van der Waals surface area contributed by atoms with Crippen molar-refractivity contribution in [1.82, 2.24) is 0 Å². The summed E-state index contributed by atoms with van der Waals surface area (Å²) in [4.78, 5) is 2.23. The van der Waals surface area contributed by atoms with Crippen LogP contribution in [-0.4, -0.2) is 12.2 Å². The lowest BCUT2D eigenvalue weighted by Crippen LogP contribution is -2.01. The smallest absolute Gasteiger partial charge is 0.122 e. The third-order valence-corrected chi connectivity index (χ3v) is 3.80. The van der Waals surface area contributed by atoms with Crippen LogP contribution in [0.3, 0.4) is 0 Å². The summed E-state index contributed by atoms with van der Waals surface area (Å²) in [5, 5.41) is 10.2. The number of rotatable bonds is 4. The number of ether oxygens (including phenoxy) is 1. The van der Waals surface area contributed by atoms with Crippen LogP contribution in [-0.2, 0) is 6.42 Å². The fourth-order valence-electron chi connectivity index (χ4n) is 1.81. The van der Waals surface area contributed by atoms with Crippen LogP contribution < -0.4 is 4.74 Å². The highest BCUT2D eigenvalue weighted by molar-refractivity contribution is 7.12. The molecule has 17 heavy (non-hydrogen) atoms. The Kier molecular flexibility index (Phi) is 3.82. The minimum absolute atomic E-state index is 0.454. The Labute approximate surface area is 105 Å². The molecule has 0 amide bonds. The maximum absolute atomic E-state index is 10.2. The van der Waals surface area contributed by atoms with E-state index < -0.39 is 6.10 Å². The standard InChI is InChI=1S/C14H16O2S/c1-10-7-8-14(17-10)12(15)9-11-5-3-4-6-13(11)16-2/h3-8,12,15H,9H2,1-2H3. The first-order valence-electron chi connectivity index (χ1n) is 5.57. The monoisotopic (exact) mass is 248 g/mol. The minimum atomic E-state index is -0.454. The van der Waals surface area contributed by atoms with Crippen molar-refractivity contribution in [2.24, 2.45) is 0 Å². The van der Waals surface area contributed by atoms with E-state index in [2.05, 4.69) is 0 Å². The van der Waals surface area contributed by atoms with Gasteiger partial charge >= 0.3 is 0 Å². The van der Waals surface area contributed by atoms with E-state index in [9.17, 15) is 5.11 Å². The molecular weight excluding hydrogens is 232 g/mol. The number of aliphatic hydroxyl groups is 1. The van der Waals surface area contributed by atoms with E-state index in [1.54, 1.807) is 18.4 Å². The lowest BCUT2D eigenvalue weighted by Gasteiger charge is -2.11. The van der Waals surface area contributed by atoms with E-state index in [0.29, 0.717) is 6.42 Å². The Morgan fingerprint density at radius 1 is 1.24 bits per heavy atom. The molecule has 0 aliphatic rings. The summed E-state index contributed by atoms with van der Waals surface area (Å²) in [7, 11) is 1.65. The van der Waals surface area contributed by atoms with Gasteiger partial charge in [0.05, 0.1) is 13.2 Å². The van der Waals surface area contributed by atoms with Crippen molar-refractivity contribution in [3.63, 3.8) is 0 Å². The molecule has 1 N–H and O–H groups in total. The molecule has 90 valence electrons. The van der Waals surface area contributed by atoms with Crippen LogP contribution in [0.5, 0.6) is 5.75 Å². The molecule has 0 saturated heterocycles. The van der Waals surface area contributed by atoms with Crippen LogP contribution in [0.4, 0.5) is 0 Å². The summed E-state index contributed by atoms with van der Waals surface area (Å²) < 4.78 is 5.28. The van der Waals surface area contributed by atoms with Crippen molar-refractivity contribution in [2.45, 2.75) is 19.4 Å². The predicted octanol–water partition coefficient (Wildman–Crippen LogP) is 3.34. The van der Waals surface area contributed by atoms with Crippen molar-refractivity contribution in [2.75, 3.05) is 7.11 Å². The van der Waals surface area contributed by atoms with Gasteiger partial charge in [-0.1, -0.05) is 18.2 Å². The van der Waals surface area contributed by atoms with Crippen molar-refractivity contribution in [3.8, 4) is 5.75 Å². The molecule has 1 heterocycles. The van der Waals surface area contributed by atoms with E-state index in [0.717, 1.165) is 16.2 Å². The Balaban J connectivity index is 2.15. The molecule has 2 nitrogen and oxygen atoms in total. The number of hydrogen-bond acceptors (Lipinski definition) is 3. The molecule has 2 aromatic rings. The van der Waals surface area contributed by atoms with Gasteiger partial charge in [0, 0.05) is 16.2 Å². The Bertz CT molecular complexity index is 490. The van der Waals surface area contributed by atoms with E-state index in [4.69, 9.17) is 4.74 Å². The number of hydrogen-bond donors (Lipinski definition) is 1. The minimum Gasteiger partial charge on any atom is -0.496 e. The van der Waals surface area contributed by atoms with Crippen LogP contribution in [0, 0.1) is 6.92 Å². The molecule has 0 aliphatic carbocycles. The third kappa shape index (κ3) is 2.87. The van der Waals surface area contributed by atoms with Gasteiger partial charge in [0.2, 0.25) is 0 Å². The molecule has 2 rings (SSSR count). The highest BCUT2D eigenvalue weighted by atomic mass is 32.1. The first-order valence-corrected chi connectivity index (χ1v) is 6.38. The largest absolute Gasteiger partial charge is 0.496 e. The van der Waals surface area contributed by atoms with Crippen molar-refractivity contribution in [1.29, 1.82) is 0 Å². The summed E-state index contributed by atoms with van der Waals surface area (Å²) in [6.07, 6.45) is 0.134. The zero-order valence-electron chi connectivity index (χ0n) is 10.0. The van der Waals surface area contributed by atoms with E-state index in [-0.39, 0.29) is 0 Å². The molecule has 0 radical (unpaired) electrons. The average Bonchev–Trinajstić information content (AvgIpc) is 2.77. The van der Waals surface area contributed by atoms with Gasteiger partial charge in [-0.3, -0.25) is 0 Å². The molecule has 1 unspecified atom stereocenters. The molecule has 0 saturated carbocycles. The van der Waals surface area contributed by atoms with Gasteiger partial charge in [-0.15, -0.1) is 11.3 Å². The summed E-state index contributed by atoms with van der Waals surface area (Å²) in [5.41, 5.74) is 1.04. The second-order valence-corrected chi connectivity index (χ2v) is 5.30. The molecule has 3 heteroatoms. The molecule has 1 aromatic heterocycles. The molecule has 1 atom stereocenters. The maximum atomic E-state index is 10.2. The van der Waals surface area contributed by atoms with Gasteiger partial charge in [0.1, 0.15) is 5.75 Å². The summed E-state index contributed by atoms with van der Waals surface area (Å²) >= 11 is 1.64. The van der Waals surface area contributed by atoms with Crippen LogP contribution in [0.1, 0.15) is 21.4 Å². The highest BCUT2D eigenvalue weighted by Gasteiger charge is 2.13. The zero-order valence-corrected chi connectivity index (χ0v) is 10.8. The fourth-order valence-corrected chi connectivity index (χ4v) is 2.68. The summed E-state index contributed by atoms with van der Waals surface area (Å²) in [6, 6.07) is 11.8. The Morgan fingerprint density at radius 3 is 2.65 bits per heavy atom. The Morgan fingerprint density at radius 2 is 2.00 bits per heavy atom. The number of thiophene rings is 1. The van der Waals surface area contributed by atoms with Gasteiger partial charge in [-0.2, -0.15) is 0 Å². The second kappa shape index (κ2) is 5.34. The molecular formula is C14H16O2S. The fraction of sp³-hybridized carbons (Fsp3) is 0.286. The predicted molar refractivity (Wildman–Crippen MR) is 70.7 cm³/mol. The van der Waals surface area contributed by atoms with Gasteiger partial charge in [0.15, 0.2) is 0 Å². The SMILES string of the molecule is COc1ccccc1CC(O)c1ccc(C)s1.